The lowest BCUT2D eigenvalue weighted by Crippen LogP contribution is -2.29. The molecule has 0 heterocycles. The quantitative estimate of drug-likeness (QED) is 0.726. The normalized spacial score (nSPS) is 12.5. The largest absolute Gasteiger partial charge is 0.508 e. The van der Waals surface area contributed by atoms with Crippen molar-refractivity contribution in [1.29, 1.82) is 0 Å². The van der Waals surface area contributed by atoms with E-state index in [-0.39, 0.29) is 12.4 Å². The van der Waals surface area contributed by atoms with E-state index in [0.717, 1.165) is 11.1 Å². The first-order chi connectivity index (χ1) is 11.8. The molecule has 2 aromatic carbocycles. The number of hydrogen-bond donors (Lipinski definition) is 3. The maximum absolute atomic E-state index is 12.4. The number of aryl methyl sites for hydroxylation is 1. The Morgan fingerprint density at radius 1 is 1.12 bits per heavy atom. The standard InChI is InChI=1S/C20H25NO4/c1-14-4-8-16(9-5-14)21-19(24)25-18(20(2,3)12-13-22)15-6-10-17(23)11-7-15/h4-11,18,22-23H,12-13H2,1-3H3,(H,21,24)/t18-/m1/s1. The Labute approximate surface area is 148 Å². The van der Waals surface area contributed by atoms with Gasteiger partial charge in [-0.1, -0.05) is 43.7 Å². The third-order valence-electron chi connectivity index (χ3n) is 4.18. The fourth-order valence-electron chi connectivity index (χ4n) is 2.64. The molecule has 3 N–H and O–H groups in total. The second-order valence-corrected chi connectivity index (χ2v) is 6.83. The molecular weight excluding hydrogens is 318 g/mol. The van der Waals surface area contributed by atoms with Gasteiger partial charge in [0.05, 0.1) is 0 Å². The number of carbonyl (C=O) groups is 1. The topological polar surface area (TPSA) is 78.8 Å². The first kappa shape index (κ1) is 18.8. The van der Waals surface area contributed by atoms with Crippen LogP contribution < -0.4 is 5.32 Å². The number of phenols is 1. The summed E-state index contributed by atoms with van der Waals surface area (Å²) in [7, 11) is 0. The number of benzene rings is 2. The van der Waals surface area contributed by atoms with E-state index >= 15 is 0 Å². The van der Waals surface area contributed by atoms with Crippen LogP contribution in [-0.4, -0.2) is 22.9 Å². The first-order valence-electron chi connectivity index (χ1n) is 8.26. The van der Waals surface area contributed by atoms with Crippen LogP contribution in [0.15, 0.2) is 48.5 Å². The number of amides is 1. The van der Waals surface area contributed by atoms with Gasteiger partial charge in [0.15, 0.2) is 0 Å². The van der Waals surface area contributed by atoms with Crippen LogP contribution in [0.4, 0.5) is 10.5 Å². The highest BCUT2D eigenvalue weighted by molar-refractivity contribution is 5.84. The van der Waals surface area contributed by atoms with Crippen molar-refractivity contribution in [2.45, 2.75) is 33.3 Å². The molecule has 1 atom stereocenters. The molecule has 5 heteroatoms. The van der Waals surface area contributed by atoms with Crippen LogP contribution in [0.3, 0.4) is 0 Å². The number of aliphatic hydroxyl groups excluding tert-OH is 1. The lowest BCUT2D eigenvalue weighted by Gasteiger charge is -2.33. The molecule has 0 saturated carbocycles. The Kier molecular flexibility index (Phi) is 6.04. The Morgan fingerprint density at radius 3 is 2.28 bits per heavy atom. The van der Waals surface area contributed by atoms with Crippen molar-refractivity contribution in [3.63, 3.8) is 0 Å². The monoisotopic (exact) mass is 343 g/mol. The molecule has 0 spiro atoms. The van der Waals surface area contributed by atoms with Gasteiger partial charge >= 0.3 is 6.09 Å². The van der Waals surface area contributed by atoms with E-state index in [1.165, 1.54) is 0 Å². The van der Waals surface area contributed by atoms with E-state index in [9.17, 15) is 15.0 Å². The molecule has 2 aromatic rings. The summed E-state index contributed by atoms with van der Waals surface area (Å²) in [5.41, 5.74) is 2.04. The van der Waals surface area contributed by atoms with Crippen LogP contribution >= 0.6 is 0 Å². The summed E-state index contributed by atoms with van der Waals surface area (Å²) in [5, 5.41) is 21.5. The zero-order chi connectivity index (χ0) is 18.4. The van der Waals surface area contributed by atoms with Crippen molar-refractivity contribution in [1.82, 2.24) is 0 Å². The SMILES string of the molecule is Cc1ccc(NC(=O)O[C@H](c2ccc(O)cc2)C(C)(C)CCO)cc1. The number of aliphatic hydroxyl groups is 1. The van der Waals surface area contributed by atoms with E-state index < -0.39 is 17.6 Å². The van der Waals surface area contributed by atoms with Crippen molar-refractivity contribution in [2.75, 3.05) is 11.9 Å². The molecule has 5 nitrogen and oxygen atoms in total. The van der Waals surface area contributed by atoms with Crippen LogP contribution in [0.1, 0.15) is 37.5 Å². The van der Waals surface area contributed by atoms with Gasteiger partial charge in [0.2, 0.25) is 0 Å². The van der Waals surface area contributed by atoms with Crippen LogP contribution in [0, 0.1) is 12.3 Å². The second-order valence-electron chi connectivity index (χ2n) is 6.83. The smallest absolute Gasteiger partial charge is 0.412 e. The van der Waals surface area contributed by atoms with Gasteiger partial charge in [-0.15, -0.1) is 0 Å². The number of carbonyl (C=O) groups excluding carboxylic acids is 1. The molecule has 0 aliphatic rings. The molecule has 0 radical (unpaired) electrons. The molecule has 0 fully saturated rings. The Morgan fingerprint density at radius 2 is 1.72 bits per heavy atom. The average molecular weight is 343 g/mol. The van der Waals surface area contributed by atoms with Gasteiger partial charge in [0, 0.05) is 17.7 Å². The minimum atomic E-state index is -0.564. The number of ether oxygens (including phenoxy) is 1. The van der Waals surface area contributed by atoms with E-state index in [2.05, 4.69) is 5.32 Å². The zero-order valence-electron chi connectivity index (χ0n) is 14.8. The van der Waals surface area contributed by atoms with Gasteiger partial charge in [-0.05, 0) is 43.2 Å². The third-order valence-corrected chi connectivity index (χ3v) is 4.18. The Hall–Kier alpha value is -2.53. The van der Waals surface area contributed by atoms with Crippen molar-refractivity contribution in [2.24, 2.45) is 5.41 Å². The predicted octanol–water partition coefficient (Wildman–Crippen LogP) is 4.40. The number of hydrogen-bond acceptors (Lipinski definition) is 4. The fourth-order valence-corrected chi connectivity index (χ4v) is 2.64. The zero-order valence-corrected chi connectivity index (χ0v) is 14.8. The second kappa shape index (κ2) is 8.03. The summed E-state index contributed by atoms with van der Waals surface area (Å²) in [6.07, 6.45) is -0.658. The van der Waals surface area contributed by atoms with Crippen molar-refractivity contribution in [3.8, 4) is 5.75 Å². The fraction of sp³-hybridized carbons (Fsp3) is 0.350. The summed E-state index contributed by atoms with van der Waals surface area (Å²) in [5.74, 6) is 0.145. The minimum absolute atomic E-state index is 0.00940. The summed E-state index contributed by atoms with van der Waals surface area (Å²) >= 11 is 0. The highest BCUT2D eigenvalue weighted by atomic mass is 16.6. The maximum atomic E-state index is 12.4. The summed E-state index contributed by atoms with van der Waals surface area (Å²) in [6.45, 7) is 5.82. The molecule has 0 aliphatic heterocycles. The van der Waals surface area contributed by atoms with Crippen molar-refractivity contribution < 1.29 is 19.7 Å². The number of nitrogens with one attached hydrogen (secondary N) is 1. The molecule has 0 aromatic heterocycles. The highest BCUT2D eigenvalue weighted by Gasteiger charge is 2.34. The van der Waals surface area contributed by atoms with Gasteiger partial charge in [0.25, 0.3) is 0 Å². The highest BCUT2D eigenvalue weighted by Crippen LogP contribution is 2.40. The van der Waals surface area contributed by atoms with Crippen LogP contribution in [0.2, 0.25) is 0 Å². The molecule has 2 rings (SSSR count). The molecule has 134 valence electrons. The van der Waals surface area contributed by atoms with Crippen LogP contribution in [-0.2, 0) is 4.74 Å². The average Bonchev–Trinajstić information content (AvgIpc) is 2.56. The predicted molar refractivity (Wildman–Crippen MR) is 97.6 cm³/mol. The maximum Gasteiger partial charge on any atom is 0.412 e. The number of phenolic OH excluding ortho intramolecular Hbond substituents is 1. The molecule has 0 aliphatic carbocycles. The summed E-state index contributed by atoms with van der Waals surface area (Å²) < 4.78 is 5.69. The van der Waals surface area contributed by atoms with E-state index in [0.29, 0.717) is 12.1 Å². The lowest BCUT2D eigenvalue weighted by molar-refractivity contribution is 0.0152. The van der Waals surface area contributed by atoms with Crippen LogP contribution in [0.5, 0.6) is 5.75 Å². The van der Waals surface area contributed by atoms with Gasteiger partial charge in [0.1, 0.15) is 11.9 Å². The number of rotatable bonds is 6. The van der Waals surface area contributed by atoms with Crippen molar-refractivity contribution in [3.05, 3.63) is 59.7 Å². The summed E-state index contributed by atoms with van der Waals surface area (Å²) in [4.78, 5) is 12.4. The molecule has 1 amide bonds. The van der Waals surface area contributed by atoms with Crippen molar-refractivity contribution >= 4 is 11.8 Å². The molecule has 0 unspecified atom stereocenters. The molecule has 25 heavy (non-hydrogen) atoms. The summed E-state index contributed by atoms with van der Waals surface area (Å²) in [6, 6.07) is 14.0. The van der Waals surface area contributed by atoms with E-state index in [1.807, 2.05) is 45.0 Å². The minimum Gasteiger partial charge on any atom is -0.508 e. The molecule has 0 saturated heterocycles. The van der Waals surface area contributed by atoms with Gasteiger partial charge in [-0.3, -0.25) is 5.32 Å². The Bertz CT molecular complexity index is 693. The Balaban J connectivity index is 2.18. The number of aromatic hydroxyl groups is 1. The third kappa shape index (κ3) is 5.22. The number of anilines is 1. The van der Waals surface area contributed by atoms with E-state index in [4.69, 9.17) is 4.74 Å². The van der Waals surface area contributed by atoms with Gasteiger partial charge in [-0.25, -0.2) is 4.79 Å². The molecule has 0 bridgehead atoms. The lowest BCUT2D eigenvalue weighted by atomic mass is 9.80. The van der Waals surface area contributed by atoms with Crippen LogP contribution in [0.25, 0.3) is 0 Å². The molecular formula is C20H25NO4. The first-order valence-corrected chi connectivity index (χ1v) is 8.26. The van der Waals surface area contributed by atoms with E-state index in [1.54, 1.807) is 24.3 Å². The van der Waals surface area contributed by atoms with Gasteiger partial charge in [-0.2, -0.15) is 0 Å². The van der Waals surface area contributed by atoms with Gasteiger partial charge < -0.3 is 14.9 Å².